The number of carbonyl (C=O) groups is 1. The molecular formula is C22H31N7O2S. The Hall–Kier alpha value is -2.88. The Labute approximate surface area is 192 Å². The van der Waals surface area contributed by atoms with E-state index in [4.69, 9.17) is 0 Å². The predicted molar refractivity (Wildman–Crippen MR) is 125 cm³/mol. The van der Waals surface area contributed by atoms with Gasteiger partial charge in [-0.25, -0.2) is 4.68 Å². The molecule has 10 heteroatoms. The molecule has 3 rings (SSSR count). The molecule has 0 aliphatic carbocycles. The summed E-state index contributed by atoms with van der Waals surface area (Å²) in [6.07, 6.45) is 0. The fourth-order valence-electron chi connectivity index (χ4n) is 3.58. The SMILES string of the molecule is Cc1c(-n2nnnc2SCC(=O)N(CC(C)C)CC(C)C)c(=O)n(-c2ccccc2)n1C. The number of rotatable bonds is 9. The van der Waals surface area contributed by atoms with Crippen LogP contribution in [0.4, 0.5) is 0 Å². The Morgan fingerprint density at radius 1 is 1.09 bits per heavy atom. The van der Waals surface area contributed by atoms with Gasteiger partial charge in [-0.3, -0.25) is 14.3 Å². The molecule has 0 radical (unpaired) electrons. The zero-order valence-electron chi connectivity index (χ0n) is 19.5. The van der Waals surface area contributed by atoms with Crippen LogP contribution in [0, 0.1) is 18.8 Å². The first-order chi connectivity index (χ1) is 15.2. The molecule has 0 fully saturated rings. The van der Waals surface area contributed by atoms with Crippen LogP contribution < -0.4 is 5.56 Å². The third-order valence-electron chi connectivity index (χ3n) is 5.03. The van der Waals surface area contributed by atoms with E-state index >= 15 is 0 Å². The molecule has 0 aliphatic heterocycles. The van der Waals surface area contributed by atoms with Crippen molar-refractivity contribution in [2.45, 2.75) is 39.8 Å². The molecule has 0 saturated heterocycles. The van der Waals surface area contributed by atoms with Gasteiger partial charge in [-0.1, -0.05) is 57.7 Å². The number of para-hydroxylation sites is 1. The fraction of sp³-hybridized carbons (Fsp3) is 0.500. The highest BCUT2D eigenvalue weighted by molar-refractivity contribution is 7.99. The molecule has 0 unspecified atom stereocenters. The summed E-state index contributed by atoms with van der Waals surface area (Å²) in [5.74, 6) is 1.02. The number of carbonyl (C=O) groups excluding carboxylic acids is 1. The van der Waals surface area contributed by atoms with E-state index in [1.165, 1.54) is 16.4 Å². The molecule has 0 atom stereocenters. The molecule has 0 spiro atoms. The summed E-state index contributed by atoms with van der Waals surface area (Å²) in [4.78, 5) is 28.1. The van der Waals surface area contributed by atoms with Crippen LogP contribution in [0.15, 0.2) is 40.3 Å². The predicted octanol–water partition coefficient (Wildman–Crippen LogP) is 2.69. The van der Waals surface area contributed by atoms with Crippen LogP contribution in [0.2, 0.25) is 0 Å². The van der Waals surface area contributed by atoms with Crippen LogP contribution in [0.3, 0.4) is 0 Å². The molecule has 172 valence electrons. The largest absolute Gasteiger partial charge is 0.341 e. The summed E-state index contributed by atoms with van der Waals surface area (Å²) >= 11 is 1.25. The van der Waals surface area contributed by atoms with E-state index in [1.807, 2.05) is 49.2 Å². The first kappa shape index (κ1) is 23.8. The van der Waals surface area contributed by atoms with Crippen molar-refractivity contribution < 1.29 is 4.79 Å². The van der Waals surface area contributed by atoms with Gasteiger partial charge < -0.3 is 4.90 Å². The number of nitrogens with zero attached hydrogens (tertiary/aromatic N) is 7. The van der Waals surface area contributed by atoms with Crippen molar-refractivity contribution in [2.24, 2.45) is 18.9 Å². The third-order valence-corrected chi connectivity index (χ3v) is 5.93. The number of thioether (sulfide) groups is 1. The van der Waals surface area contributed by atoms with Crippen molar-refractivity contribution in [2.75, 3.05) is 18.8 Å². The molecular weight excluding hydrogens is 426 g/mol. The fourth-order valence-corrected chi connectivity index (χ4v) is 4.36. The zero-order valence-corrected chi connectivity index (χ0v) is 20.3. The van der Waals surface area contributed by atoms with Gasteiger partial charge in [0.1, 0.15) is 0 Å². The van der Waals surface area contributed by atoms with E-state index in [0.717, 1.165) is 11.4 Å². The average Bonchev–Trinajstić information content (AvgIpc) is 3.27. The Kier molecular flexibility index (Phi) is 7.55. The zero-order chi connectivity index (χ0) is 23.4. The van der Waals surface area contributed by atoms with Gasteiger partial charge in [0.15, 0.2) is 5.69 Å². The van der Waals surface area contributed by atoms with Crippen LogP contribution in [0.5, 0.6) is 0 Å². The van der Waals surface area contributed by atoms with Crippen molar-refractivity contribution >= 4 is 17.7 Å². The number of hydrogen-bond acceptors (Lipinski definition) is 6. The van der Waals surface area contributed by atoms with Gasteiger partial charge >= 0.3 is 0 Å². The van der Waals surface area contributed by atoms with Crippen molar-refractivity contribution in [1.82, 2.24) is 34.5 Å². The normalized spacial score (nSPS) is 11.5. The minimum Gasteiger partial charge on any atom is -0.341 e. The topological polar surface area (TPSA) is 90.8 Å². The summed E-state index contributed by atoms with van der Waals surface area (Å²) in [5.41, 5.74) is 1.63. The summed E-state index contributed by atoms with van der Waals surface area (Å²) < 4.78 is 4.80. The summed E-state index contributed by atoms with van der Waals surface area (Å²) in [7, 11) is 1.82. The Morgan fingerprint density at radius 3 is 2.31 bits per heavy atom. The second-order valence-corrected chi connectivity index (χ2v) is 9.60. The van der Waals surface area contributed by atoms with E-state index in [0.29, 0.717) is 35.8 Å². The highest BCUT2D eigenvalue weighted by Gasteiger charge is 2.23. The monoisotopic (exact) mass is 457 g/mol. The highest BCUT2D eigenvalue weighted by Crippen LogP contribution is 2.21. The van der Waals surface area contributed by atoms with Crippen LogP contribution in [-0.4, -0.2) is 59.2 Å². The molecule has 2 heterocycles. The lowest BCUT2D eigenvalue weighted by atomic mass is 10.1. The van der Waals surface area contributed by atoms with E-state index in [-0.39, 0.29) is 17.2 Å². The number of amides is 1. The van der Waals surface area contributed by atoms with E-state index < -0.39 is 0 Å². The lowest BCUT2D eigenvalue weighted by Crippen LogP contribution is -2.38. The number of tetrazole rings is 1. The van der Waals surface area contributed by atoms with Crippen molar-refractivity contribution in [3.05, 3.63) is 46.4 Å². The molecule has 1 aromatic carbocycles. The molecule has 9 nitrogen and oxygen atoms in total. The molecule has 0 saturated carbocycles. The van der Waals surface area contributed by atoms with Crippen molar-refractivity contribution in [1.29, 1.82) is 0 Å². The van der Waals surface area contributed by atoms with Gasteiger partial charge in [-0.2, -0.15) is 4.68 Å². The smallest absolute Gasteiger partial charge is 0.297 e. The minimum atomic E-state index is -0.224. The number of hydrogen-bond donors (Lipinski definition) is 0. The maximum absolute atomic E-state index is 13.3. The molecule has 0 aliphatic rings. The van der Waals surface area contributed by atoms with Gasteiger partial charge in [0, 0.05) is 20.1 Å². The van der Waals surface area contributed by atoms with Gasteiger partial charge in [0.2, 0.25) is 11.1 Å². The van der Waals surface area contributed by atoms with E-state index in [2.05, 4.69) is 43.2 Å². The Balaban J connectivity index is 1.87. The summed E-state index contributed by atoms with van der Waals surface area (Å²) in [5, 5.41) is 12.3. The minimum absolute atomic E-state index is 0.0402. The number of aromatic nitrogens is 6. The lowest BCUT2D eigenvalue weighted by molar-refractivity contribution is -0.129. The van der Waals surface area contributed by atoms with Crippen molar-refractivity contribution in [3.63, 3.8) is 0 Å². The van der Waals surface area contributed by atoms with E-state index in [9.17, 15) is 9.59 Å². The van der Waals surface area contributed by atoms with Crippen LogP contribution >= 0.6 is 11.8 Å². The second kappa shape index (κ2) is 10.2. The lowest BCUT2D eigenvalue weighted by Gasteiger charge is -2.26. The van der Waals surface area contributed by atoms with E-state index in [1.54, 1.807) is 9.36 Å². The quantitative estimate of drug-likeness (QED) is 0.459. The third kappa shape index (κ3) is 5.12. The number of benzene rings is 1. The van der Waals surface area contributed by atoms with Crippen LogP contribution in [-0.2, 0) is 11.8 Å². The van der Waals surface area contributed by atoms with Crippen LogP contribution in [0.1, 0.15) is 33.4 Å². The molecule has 3 aromatic rings. The maximum atomic E-state index is 13.3. The van der Waals surface area contributed by atoms with Crippen molar-refractivity contribution in [3.8, 4) is 11.4 Å². The van der Waals surface area contributed by atoms with Crippen LogP contribution in [0.25, 0.3) is 11.4 Å². The highest BCUT2D eigenvalue weighted by atomic mass is 32.2. The van der Waals surface area contributed by atoms with Gasteiger partial charge in [0.25, 0.3) is 5.56 Å². The Bertz CT molecular complexity index is 1110. The van der Waals surface area contributed by atoms with Gasteiger partial charge in [-0.05, 0) is 41.3 Å². The molecule has 2 aromatic heterocycles. The molecule has 32 heavy (non-hydrogen) atoms. The summed E-state index contributed by atoms with van der Waals surface area (Å²) in [6, 6.07) is 9.41. The molecule has 1 amide bonds. The van der Waals surface area contributed by atoms with Gasteiger partial charge in [-0.15, -0.1) is 5.10 Å². The van der Waals surface area contributed by atoms with Gasteiger partial charge in [0.05, 0.1) is 17.1 Å². The second-order valence-electron chi connectivity index (χ2n) is 8.66. The summed E-state index contributed by atoms with van der Waals surface area (Å²) in [6.45, 7) is 11.7. The maximum Gasteiger partial charge on any atom is 0.297 e. The average molecular weight is 458 g/mol. The molecule has 0 N–H and O–H groups in total. The first-order valence-electron chi connectivity index (χ1n) is 10.7. The molecule has 0 bridgehead atoms. The first-order valence-corrected chi connectivity index (χ1v) is 11.7. The Morgan fingerprint density at radius 2 is 1.72 bits per heavy atom. The standard InChI is InChI=1S/C22H31N7O2S/c1-15(2)12-27(13-16(3)4)19(30)14-32-22-23-24-25-28(22)20-17(5)26(6)29(21(20)31)18-10-8-7-9-11-18/h7-11,15-16H,12-14H2,1-6H3.